The van der Waals surface area contributed by atoms with E-state index in [1.54, 1.807) is 6.20 Å². The van der Waals surface area contributed by atoms with Gasteiger partial charge in [0.25, 0.3) is 5.91 Å². The highest BCUT2D eigenvalue weighted by Gasteiger charge is 2.33. The number of anilines is 1. The summed E-state index contributed by atoms with van der Waals surface area (Å²) in [6.45, 7) is 4.98. The molecule has 1 amide bonds. The molecule has 0 aliphatic heterocycles. The topological polar surface area (TPSA) is 50.2 Å². The third-order valence-corrected chi connectivity index (χ3v) is 5.78. The monoisotopic (exact) mass is 416 g/mol. The standard InChI is InChI=1S/C19H27F3N4OS/c1-5-7-8-9-25(3)18-23-11-16(28-18)14(6-2)24-17(27)15-10-13(12-26(15)4)19(20,21)22/h10-12,14H,5-9H2,1-4H3,(H,24,27)/t14-/m0/s1. The summed E-state index contributed by atoms with van der Waals surface area (Å²) in [7, 11) is 3.42. The Morgan fingerprint density at radius 1 is 1.36 bits per heavy atom. The number of rotatable bonds is 9. The molecule has 0 aliphatic rings. The van der Waals surface area contributed by atoms with Crippen LogP contribution in [0.3, 0.4) is 0 Å². The number of amides is 1. The molecule has 0 spiro atoms. The fourth-order valence-corrected chi connectivity index (χ4v) is 3.90. The number of aryl methyl sites for hydroxylation is 1. The fraction of sp³-hybridized carbons (Fsp3) is 0.579. The minimum Gasteiger partial charge on any atom is -0.351 e. The Labute approximate surface area is 167 Å². The van der Waals surface area contributed by atoms with Crippen molar-refractivity contribution >= 4 is 22.4 Å². The maximum Gasteiger partial charge on any atom is 0.417 e. The Hall–Kier alpha value is -2.03. The molecule has 1 atom stereocenters. The van der Waals surface area contributed by atoms with Crippen molar-refractivity contribution in [3.8, 4) is 0 Å². The molecule has 9 heteroatoms. The highest BCUT2D eigenvalue weighted by atomic mass is 32.1. The number of unbranched alkanes of at least 4 members (excludes halogenated alkanes) is 2. The number of alkyl halides is 3. The minimum atomic E-state index is -4.48. The first kappa shape index (κ1) is 22.3. The predicted molar refractivity (Wildman–Crippen MR) is 106 cm³/mol. The molecule has 5 nitrogen and oxygen atoms in total. The normalized spacial score (nSPS) is 12.8. The van der Waals surface area contributed by atoms with Crippen LogP contribution in [0.15, 0.2) is 18.5 Å². The summed E-state index contributed by atoms with van der Waals surface area (Å²) in [6.07, 6.45) is 2.19. The van der Waals surface area contributed by atoms with Gasteiger partial charge in [-0.3, -0.25) is 4.79 Å². The second kappa shape index (κ2) is 9.45. The van der Waals surface area contributed by atoms with E-state index in [-0.39, 0.29) is 11.7 Å². The number of carbonyl (C=O) groups excluding carboxylic acids is 1. The lowest BCUT2D eigenvalue weighted by Gasteiger charge is -2.17. The third kappa shape index (κ3) is 5.50. The molecule has 0 bridgehead atoms. The average molecular weight is 417 g/mol. The highest BCUT2D eigenvalue weighted by molar-refractivity contribution is 7.15. The molecule has 28 heavy (non-hydrogen) atoms. The molecular weight excluding hydrogens is 389 g/mol. The first-order valence-corrected chi connectivity index (χ1v) is 10.2. The number of nitrogens with zero attached hydrogens (tertiary/aromatic N) is 3. The van der Waals surface area contributed by atoms with E-state index in [4.69, 9.17) is 0 Å². The van der Waals surface area contributed by atoms with E-state index < -0.39 is 17.6 Å². The van der Waals surface area contributed by atoms with E-state index in [1.165, 1.54) is 23.0 Å². The summed E-state index contributed by atoms with van der Waals surface area (Å²) in [5, 5.41) is 3.71. The van der Waals surface area contributed by atoms with Crippen molar-refractivity contribution < 1.29 is 18.0 Å². The van der Waals surface area contributed by atoms with Gasteiger partial charge in [-0.25, -0.2) is 4.98 Å². The molecule has 2 aromatic rings. The van der Waals surface area contributed by atoms with Gasteiger partial charge in [-0.05, 0) is 18.9 Å². The molecule has 156 valence electrons. The number of aromatic nitrogens is 2. The van der Waals surface area contributed by atoms with Gasteiger partial charge in [0.05, 0.1) is 11.6 Å². The molecule has 2 aromatic heterocycles. The van der Waals surface area contributed by atoms with Crippen molar-refractivity contribution in [3.05, 3.63) is 34.6 Å². The van der Waals surface area contributed by atoms with Crippen LogP contribution in [-0.4, -0.2) is 29.1 Å². The van der Waals surface area contributed by atoms with Crippen LogP contribution in [0.1, 0.15) is 66.5 Å². The van der Waals surface area contributed by atoms with E-state index in [9.17, 15) is 18.0 Å². The number of nitrogens with one attached hydrogen (secondary N) is 1. The summed E-state index contributed by atoms with van der Waals surface area (Å²) in [6, 6.07) is 0.578. The predicted octanol–water partition coefficient (Wildman–Crippen LogP) is 5.01. The molecule has 2 rings (SSSR count). The van der Waals surface area contributed by atoms with Gasteiger partial charge in [-0.2, -0.15) is 13.2 Å². The Bertz CT molecular complexity index is 784. The van der Waals surface area contributed by atoms with Gasteiger partial charge >= 0.3 is 6.18 Å². The summed E-state index contributed by atoms with van der Waals surface area (Å²) in [5.41, 5.74) is -0.853. The van der Waals surface area contributed by atoms with Crippen molar-refractivity contribution in [1.82, 2.24) is 14.9 Å². The average Bonchev–Trinajstić information content (AvgIpc) is 3.26. The van der Waals surface area contributed by atoms with Crippen LogP contribution in [0.5, 0.6) is 0 Å². The van der Waals surface area contributed by atoms with E-state index in [0.717, 1.165) is 48.1 Å². The molecule has 0 aromatic carbocycles. The quantitative estimate of drug-likeness (QED) is 0.585. The zero-order valence-corrected chi connectivity index (χ0v) is 17.5. The van der Waals surface area contributed by atoms with Crippen LogP contribution in [0.25, 0.3) is 0 Å². The van der Waals surface area contributed by atoms with Crippen molar-refractivity contribution in [2.24, 2.45) is 7.05 Å². The Balaban J connectivity index is 2.08. The number of halogens is 3. The van der Waals surface area contributed by atoms with Crippen LogP contribution in [0.2, 0.25) is 0 Å². The van der Waals surface area contributed by atoms with Gasteiger partial charge in [-0.15, -0.1) is 0 Å². The van der Waals surface area contributed by atoms with Gasteiger partial charge in [0.2, 0.25) is 0 Å². The maximum atomic E-state index is 12.9. The summed E-state index contributed by atoms with van der Waals surface area (Å²) < 4.78 is 39.8. The maximum absolute atomic E-state index is 12.9. The third-order valence-electron chi connectivity index (χ3n) is 4.56. The van der Waals surface area contributed by atoms with Crippen LogP contribution in [-0.2, 0) is 13.2 Å². The Morgan fingerprint density at radius 3 is 2.64 bits per heavy atom. The van der Waals surface area contributed by atoms with E-state index in [0.29, 0.717) is 6.42 Å². The Morgan fingerprint density at radius 2 is 2.07 bits per heavy atom. The lowest BCUT2D eigenvalue weighted by atomic mass is 10.2. The molecule has 0 saturated carbocycles. The Kier molecular flexibility index (Phi) is 7.51. The van der Waals surface area contributed by atoms with E-state index in [2.05, 4.69) is 22.1 Å². The first-order chi connectivity index (χ1) is 13.2. The number of hydrogen-bond acceptors (Lipinski definition) is 4. The lowest BCUT2D eigenvalue weighted by molar-refractivity contribution is -0.137. The van der Waals surface area contributed by atoms with Gasteiger partial charge < -0.3 is 14.8 Å². The molecule has 0 aliphatic carbocycles. The zero-order chi connectivity index (χ0) is 20.9. The smallest absolute Gasteiger partial charge is 0.351 e. The van der Waals surface area contributed by atoms with Crippen molar-refractivity contribution in [1.29, 1.82) is 0 Å². The van der Waals surface area contributed by atoms with E-state index in [1.807, 2.05) is 14.0 Å². The molecule has 2 heterocycles. The summed E-state index contributed by atoms with van der Waals surface area (Å²) >= 11 is 1.50. The van der Waals surface area contributed by atoms with Crippen LogP contribution >= 0.6 is 11.3 Å². The summed E-state index contributed by atoms with van der Waals surface area (Å²) in [4.78, 5) is 20.0. The van der Waals surface area contributed by atoms with Crippen molar-refractivity contribution in [2.75, 3.05) is 18.5 Å². The van der Waals surface area contributed by atoms with Crippen molar-refractivity contribution in [3.63, 3.8) is 0 Å². The molecular formula is C19H27F3N4OS. The van der Waals surface area contributed by atoms with Crippen LogP contribution in [0, 0.1) is 0 Å². The largest absolute Gasteiger partial charge is 0.417 e. The van der Waals surface area contributed by atoms with Gasteiger partial charge in [0, 0.05) is 37.9 Å². The number of hydrogen-bond donors (Lipinski definition) is 1. The SMILES string of the molecule is CCCCCN(C)c1ncc([C@H](CC)NC(=O)c2cc(C(F)(F)F)cn2C)s1. The first-order valence-electron chi connectivity index (χ1n) is 9.38. The molecule has 0 saturated heterocycles. The minimum absolute atomic E-state index is 0.0211. The second-order valence-electron chi connectivity index (χ2n) is 6.83. The van der Waals surface area contributed by atoms with Gasteiger partial charge in [0.15, 0.2) is 5.13 Å². The van der Waals surface area contributed by atoms with Gasteiger partial charge in [0.1, 0.15) is 5.69 Å². The highest BCUT2D eigenvalue weighted by Crippen LogP contribution is 2.31. The molecule has 0 radical (unpaired) electrons. The van der Waals surface area contributed by atoms with Crippen LogP contribution in [0.4, 0.5) is 18.3 Å². The number of thiazole rings is 1. The van der Waals surface area contributed by atoms with Crippen molar-refractivity contribution in [2.45, 2.75) is 51.7 Å². The summed E-state index contributed by atoms with van der Waals surface area (Å²) in [5.74, 6) is -0.531. The zero-order valence-electron chi connectivity index (χ0n) is 16.6. The second-order valence-corrected chi connectivity index (χ2v) is 7.87. The number of carbonyl (C=O) groups is 1. The lowest BCUT2D eigenvalue weighted by Crippen LogP contribution is -2.29. The van der Waals surface area contributed by atoms with Gasteiger partial charge in [-0.1, -0.05) is 38.0 Å². The molecule has 1 N–H and O–H groups in total. The molecule has 0 fully saturated rings. The fourth-order valence-electron chi connectivity index (χ4n) is 2.86. The van der Waals surface area contributed by atoms with Crippen LogP contribution < -0.4 is 10.2 Å². The van der Waals surface area contributed by atoms with E-state index >= 15 is 0 Å². The molecule has 0 unspecified atom stereocenters.